The van der Waals surface area contributed by atoms with Crippen LogP contribution in [0.4, 0.5) is 0 Å². The fourth-order valence-corrected chi connectivity index (χ4v) is 3.84. The van der Waals surface area contributed by atoms with Crippen LogP contribution >= 0.6 is 0 Å². The van der Waals surface area contributed by atoms with Gasteiger partial charge in [0.2, 0.25) is 5.91 Å². The highest BCUT2D eigenvalue weighted by Gasteiger charge is 2.44. The SMILES string of the molecule is COc1cccc(CN2CCC[C@@](O)(CN3CCNC(=O)C3)C2=O)c1OC. The van der Waals surface area contributed by atoms with Crippen molar-refractivity contribution < 1.29 is 24.2 Å². The van der Waals surface area contributed by atoms with Gasteiger partial charge in [-0.15, -0.1) is 0 Å². The van der Waals surface area contributed by atoms with E-state index in [-0.39, 0.29) is 24.9 Å². The summed E-state index contributed by atoms with van der Waals surface area (Å²) in [5, 5.41) is 13.8. The zero-order chi connectivity index (χ0) is 19.4. The lowest BCUT2D eigenvalue weighted by Crippen LogP contribution is -2.60. The summed E-state index contributed by atoms with van der Waals surface area (Å²) in [5.74, 6) is 0.819. The summed E-state index contributed by atoms with van der Waals surface area (Å²) in [5.41, 5.74) is -0.645. The molecule has 0 radical (unpaired) electrons. The van der Waals surface area contributed by atoms with Gasteiger partial charge >= 0.3 is 0 Å². The van der Waals surface area contributed by atoms with Gasteiger partial charge in [-0.1, -0.05) is 12.1 Å². The number of hydrogen-bond acceptors (Lipinski definition) is 6. The van der Waals surface area contributed by atoms with E-state index in [1.54, 1.807) is 25.2 Å². The van der Waals surface area contributed by atoms with Crippen molar-refractivity contribution >= 4 is 11.8 Å². The van der Waals surface area contributed by atoms with Crippen molar-refractivity contribution in [2.75, 3.05) is 46.9 Å². The van der Waals surface area contributed by atoms with E-state index < -0.39 is 5.60 Å². The number of para-hydroxylation sites is 1. The first-order valence-corrected chi connectivity index (χ1v) is 9.17. The predicted octanol–water partition coefficient (Wildman–Crippen LogP) is -0.0109. The van der Waals surface area contributed by atoms with Crippen LogP contribution in [0.3, 0.4) is 0 Å². The second-order valence-corrected chi connectivity index (χ2v) is 7.08. The Balaban J connectivity index is 1.74. The Morgan fingerprint density at radius 1 is 1.22 bits per heavy atom. The van der Waals surface area contributed by atoms with Crippen LogP contribution in [0.25, 0.3) is 0 Å². The minimum absolute atomic E-state index is 0.0777. The standard InChI is InChI=1S/C19H27N3O5/c1-26-15-6-3-5-14(17(15)27-2)11-22-9-4-7-19(25,18(22)24)13-21-10-8-20-16(23)12-21/h3,5-6,25H,4,7-13H2,1-2H3,(H,20,23)/t19-/m1/s1. The molecule has 0 spiro atoms. The number of aliphatic hydroxyl groups is 1. The number of likely N-dealkylation sites (tertiary alicyclic amines) is 1. The van der Waals surface area contributed by atoms with Crippen molar-refractivity contribution in [3.05, 3.63) is 23.8 Å². The van der Waals surface area contributed by atoms with Crippen molar-refractivity contribution in [3.63, 3.8) is 0 Å². The smallest absolute Gasteiger partial charge is 0.256 e. The molecule has 1 atom stereocenters. The van der Waals surface area contributed by atoms with Gasteiger partial charge in [0.05, 0.1) is 20.8 Å². The van der Waals surface area contributed by atoms with E-state index in [1.165, 1.54) is 0 Å². The Morgan fingerprint density at radius 3 is 2.74 bits per heavy atom. The topological polar surface area (TPSA) is 91.3 Å². The molecule has 2 amide bonds. The molecule has 2 N–H and O–H groups in total. The molecule has 2 saturated heterocycles. The van der Waals surface area contributed by atoms with Gasteiger partial charge in [0.15, 0.2) is 17.1 Å². The molecule has 8 heteroatoms. The minimum atomic E-state index is -1.47. The third kappa shape index (κ3) is 4.17. The quantitative estimate of drug-likeness (QED) is 0.725. The zero-order valence-electron chi connectivity index (χ0n) is 15.9. The molecule has 0 bridgehead atoms. The average molecular weight is 377 g/mol. The van der Waals surface area contributed by atoms with Gasteiger partial charge in [-0.05, 0) is 18.9 Å². The molecule has 0 saturated carbocycles. The second kappa shape index (κ2) is 8.14. The third-order valence-electron chi connectivity index (χ3n) is 5.15. The number of carbonyl (C=O) groups excluding carboxylic acids is 2. The van der Waals surface area contributed by atoms with E-state index in [0.717, 1.165) is 5.56 Å². The van der Waals surface area contributed by atoms with Crippen LogP contribution in [0.5, 0.6) is 11.5 Å². The predicted molar refractivity (Wildman–Crippen MR) is 98.6 cm³/mol. The summed E-state index contributed by atoms with van der Waals surface area (Å²) in [6, 6.07) is 5.54. The Morgan fingerprint density at radius 2 is 2.04 bits per heavy atom. The van der Waals surface area contributed by atoms with E-state index in [0.29, 0.717) is 50.5 Å². The number of nitrogens with zero attached hydrogens (tertiary/aromatic N) is 2. The maximum atomic E-state index is 13.0. The van der Waals surface area contributed by atoms with Gasteiger partial charge in [0.1, 0.15) is 0 Å². The van der Waals surface area contributed by atoms with E-state index >= 15 is 0 Å². The molecule has 2 aliphatic heterocycles. The monoisotopic (exact) mass is 377 g/mol. The maximum Gasteiger partial charge on any atom is 0.256 e. The molecular weight excluding hydrogens is 350 g/mol. The number of hydrogen-bond donors (Lipinski definition) is 2. The molecule has 0 unspecified atom stereocenters. The average Bonchev–Trinajstić information content (AvgIpc) is 2.65. The molecule has 3 rings (SSSR count). The molecule has 148 valence electrons. The number of rotatable bonds is 6. The van der Waals surface area contributed by atoms with Gasteiger partial charge in [-0.2, -0.15) is 0 Å². The van der Waals surface area contributed by atoms with Crippen LogP contribution < -0.4 is 14.8 Å². The van der Waals surface area contributed by atoms with Gasteiger partial charge in [-0.3, -0.25) is 14.5 Å². The highest BCUT2D eigenvalue weighted by atomic mass is 16.5. The summed E-state index contributed by atoms with van der Waals surface area (Å²) in [6.45, 7) is 2.45. The van der Waals surface area contributed by atoms with Crippen molar-refractivity contribution in [1.29, 1.82) is 0 Å². The molecule has 0 aromatic heterocycles. The van der Waals surface area contributed by atoms with Gasteiger partial charge in [0, 0.05) is 38.3 Å². The van der Waals surface area contributed by atoms with Gasteiger partial charge < -0.3 is 24.8 Å². The largest absolute Gasteiger partial charge is 0.493 e. The van der Waals surface area contributed by atoms with Crippen LogP contribution in [0.15, 0.2) is 18.2 Å². The van der Waals surface area contributed by atoms with Crippen LogP contribution in [0.1, 0.15) is 18.4 Å². The molecule has 1 aromatic carbocycles. The zero-order valence-corrected chi connectivity index (χ0v) is 15.9. The number of benzene rings is 1. The molecule has 8 nitrogen and oxygen atoms in total. The van der Waals surface area contributed by atoms with Gasteiger partial charge in [-0.25, -0.2) is 0 Å². The first kappa shape index (κ1) is 19.4. The van der Waals surface area contributed by atoms with Gasteiger partial charge in [0.25, 0.3) is 5.91 Å². The number of amides is 2. The number of piperidine rings is 1. The Labute approximate surface area is 159 Å². The number of piperazine rings is 1. The van der Waals surface area contributed by atoms with E-state index in [4.69, 9.17) is 9.47 Å². The fourth-order valence-electron chi connectivity index (χ4n) is 3.84. The summed E-state index contributed by atoms with van der Waals surface area (Å²) < 4.78 is 10.8. The first-order valence-electron chi connectivity index (χ1n) is 9.17. The lowest BCUT2D eigenvalue weighted by molar-refractivity contribution is -0.161. The first-order chi connectivity index (χ1) is 13.0. The lowest BCUT2D eigenvalue weighted by Gasteiger charge is -2.41. The summed E-state index contributed by atoms with van der Waals surface area (Å²) in [7, 11) is 3.14. The van der Waals surface area contributed by atoms with E-state index in [9.17, 15) is 14.7 Å². The van der Waals surface area contributed by atoms with E-state index in [1.807, 2.05) is 17.0 Å². The highest BCUT2D eigenvalue weighted by Crippen LogP contribution is 2.33. The molecule has 2 aliphatic rings. The number of nitrogens with one attached hydrogen (secondary N) is 1. The summed E-state index contributed by atoms with van der Waals surface area (Å²) in [4.78, 5) is 28.1. The minimum Gasteiger partial charge on any atom is -0.493 e. The molecular formula is C19H27N3O5. The third-order valence-corrected chi connectivity index (χ3v) is 5.15. The normalized spacial score (nSPS) is 23.9. The molecule has 27 heavy (non-hydrogen) atoms. The molecule has 2 fully saturated rings. The van der Waals surface area contributed by atoms with Crippen LogP contribution in [-0.4, -0.2) is 79.3 Å². The van der Waals surface area contributed by atoms with Crippen LogP contribution in [0.2, 0.25) is 0 Å². The van der Waals surface area contributed by atoms with E-state index in [2.05, 4.69) is 5.32 Å². The summed E-state index contributed by atoms with van der Waals surface area (Å²) in [6.07, 6.45) is 1.10. The molecule has 0 aliphatic carbocycles. The number of ether oxygens (including phenoxy) is 2. The molecule has 1 aromatic rings. The Hall–Kier alpha value is -2.32. The van der Waals surface area contributed by atoms with Crippen molar-refractivity contribution in [2.24, 2.45) is 0 Å². The number of β-amino-alcohol motifs (C(OH)–C–C–N with tert-alkyl or cyclic N) is 1. The maximum absolute atomic E-state index is 13.0. The second-order valence-electron chi connectivity index (χ2n) is 7.08. The highest BCUT2D eigenvalue weighted by molar-refractivity contribution is 5.86. The van der Waals surface area contributed by atoms with Crippen LogP contribution in [0, 0.1) is 0 Å². The Bertz CT molecular complexity index is 711. The number of carbonyl (C=O) groups is 2. The van der Waals surface area contributed by atoms with Crippen molar-refractivity contribution in [2.45, 2.75) is 25.0 Å². The lowest BCUT2D eigenvalue weighted by atomic mass is 9.90. The van der Waals surface area contributed by atoms with Crippen molar-refractivity contribution in [3.8, 4) is 11.5 Å². The fraction of sp³-hybridized carbons (Fsp3) is 0.579. The van der Waals surface area contributed by atoms with Crippen LogP contribution in [-0.2, 0) is 16.1 Å². The number of methoxy groups -OCH3 is 2. The summed E-state index contributed by atoms with van der Waals surface area (Å²) >= 11 is 0. The molecule has 2 heterocycles. The Kier molecular flexibility index (Phi) is 5.86. The van der Waals surface area contributed by atoms with Crippen molar-refractivity contribution in [1.82, 2.24) is 15.1 Å².